The first-order chi connectivity index (χ1) is 6.84. The lowest BCUT2D eigenvalue weighted by molar-refractivity contribution is 0.0914. The van der Waals surface area contributed by atoms with Crippen LogP contribution in [0, 0.1) is 17.8 Å². The van der Waals surface area contributed by atoms with Gasteiger partial charge >= 0.3 is 0 Å². The fourth-order valence-electron chi connectivity index (χ4n) is 2.77. The van der Waals surface area contributed by atoms with Crippen LogP contribution in [0.4, 0.5) is 0 Å². The second kappa shape index (κ2) is 2.94. The molecule has 3 rings (SSSR count). The molecule has 2 aliphatic carbocycles. The monoisotopic (exact) mass is 186 g/mol. The Balaban J connectivity index is 1.77. The van der Waals surface area contributed by atoms with E-state index in [9.17, 15) is 4.79 Å². The molecule has 0 bridgehead atoms. The zero-order valence-electron chi connectivity index (χ0n) is 8.15. The van der Waals surface area contributed by atoms with Crippen LogP contribution in [0.15, 0.2) is 30.3 Å². The Bertz CT molecular complexity index is 345. The molecule has 0 aromatic heterocycles. The maximum Gasteiger partial charge on any atom is 0.165 e. The highest BCUT2D eigenvalue weighted by atomic mass is 16.1. The molecule has 72 valence electrons. The zero-order chi connectivity index (χ0) is 9.54. The van der Waals surface area contributed by atoms with E-state index in [0.717, 1.165) is 30.2 Å². The van der Waals surface area contributed by atoms with Gasteiger partial charge in [-0.2, -0.15) is 0 Å². The van der Waals surface area contributed by atoms with Crippen molar-refractivity contribution in [3.8, 4) is 0 Å². The molecule has 0 spiro atoms. The summed E-state index contributed by atoms with van der Waals surface area (Å²) in [5.41, 5.74) is 0.902. The van der Waals surface area contributed by atoms with E-state index in [1.165, 1.54) is 6.42 Å². The molecule has 0 amide bonds. The van der Waals surface area contributed by atoms with Gasteiger partial charge in [-0.3, -0.25) is 4.79 Å². The summed E-state index contributed by atoms with van der Waals surface area (Å²) in [6, 6.07) is 9.73. The number of fused-ring (bicyclic) bond motifs is 1. The Morgan fingerprint density at radius 1 is 1.00 bits per heavy atom. The molecule has 1 aromatic carbocycles. The maximum absolute atomic E-state index is 12.0. The van der Waals surface area contributed by atoms with Crippen molar-refractivity contribution in [2.24, 2.45) is 17.8 Å². The van der Waals surface area contributed by atoms with Crippen molar-refractivity contribution in [2.75, 3.05) is 0 Å². The van der Waals surface area contributed by atoms with Gasteiger partial charge in [0.1, 0.15) is 0 Å². The van der Waals surface area contributed by atoms with Gasteiger partial charge < -0.3 is 0 Å². The average Bonchev–Trinajstić information content (AvgIpc) is 2.86. The summed E-state index contributed by atoms with van der Waals surface area (Å²) in [4.78, 5) is 12.0. The van der Waals surface area contributed by atoms with Gasteiger partial charge in [0.25, 0.3) is 0 Å². The lowest BCUT2D eigenvalue weighted by atomic mass is 9.93. The molecular weight excluding hydrogens is 172 g/mol. The number of hydrogen-bond acceptors (Lipinski definition) is 1. The van der Waals surface area contributed by atoms with Gasteiger partial charge in [0.2, 0.25) is 0 Å². The van der Waals surface area contributed by atoms with Crippen LogP contribution in [-0.2, 0) is 0 Å². The lowest BCUT2D eigenvalue weighted by Gasteiger charge is -2.09. The summed E-state index contributed by atoms with van der Waals surface area (Å²) in [5, 5.41) is 0. The molecule has 0 aliphatic heterocycles. The normalized spacial score (nSPS) is 33.9. The van der Waals surface area contributed by atoms with Crippen LogP contribution in [0.5, 0.6) is 0 Å². The Labute approximate surface area is 84.1 Å². The number of carbonyl (C=O) groups excluding carboxylic acids is 1. The third-order valence-corrected chi connectivity index (χ3v) is 3.67. The molecular formula is C13H14O. The number of hydrogen-bond donors (Lipinski definition) is 0. The molecule has 0 heterocycles. The predicted octanol–water partition coefficient (Wildman–Crippen LogP) is 2.92. The Hall–Kier alpha value is -1.11. The number of benzene rings is 1. The molecule has 2 fully saturated rings. The molecule has 0 N–H and O–H groups in total. The van der Waals surface area contributed by atoms with E-state index in [2.05, 4.69) is 0 Å². The minimum Gasteiger partial charge on any atom is -0.294 e. The predicted molar refractivity (Wildman–Crippen MR) is 55.1 cm³/mol. The fraction of sp³-hybridized carbons (Fsp3) is 0.462. The molecule has 2 atom stereocenters. The number of rotatable bonds is 2. The first-order valence-corrected chi connectivity index (χ1v) is 5.44. The molecule has 1 aromatic rings. The van der Waals surface area contributed by atoms with Gasteiger partial charge in [-0.25, -0.2) is 0 Å². The van der Waals surface area contributed by atoms with Crippen molar-refractivity contribution in [1.82, 2.24) is 0 Å². The summed E-state index contributed by atoms with van der Waals surface area (Å²) in [6.45, 7) is 0. The summed E-state index contributed by atoms with van der Waals surface area (Å²) < 4.78 is 0. The molecule has 14 heavy (non-hydrogen) atoms. The quantitative estimate of drug-likeness (QED) is 0.649. The van der Waals surface area contributed by atoms with E-state index in [0.29, 0.717) is 11.7 Å². The molecule has 0 radical (unpaired) electrons. The standard InChI is InChI=1S/C13H14O/c14-13(9-4-2-1-3-5-9)12-7-10-6-11(10)8-12/h1-5,10-12H,6-8H2. The summed E-state index contributed by atoms with van der Waals surface area (Å²) in [7, 11) is 0. The van der Waals surface area contributed by atoms with E-state index >= 15 is 0 Å². The van der Waals surface area contributed by atoms with Crippen molar-refractivity contribution in [3.05, 3.63) is 35.9 Å². The van der Waals surface area contributed by atoms with Gasteiger partial charge in [-0.15, -0.1) is 0 Å². The molecule has 1 heteroatoms. The SMILES string of the molecule is O=C(c1ccccc1)C1CC2CC2C1. The van der Waals surface area contributed by atoms with Gasteiger partial charge in [0.05, 0.1) is 0 Å². The largest absolute Gasteiger partial charge is 0.294 e. The first-order valence-electron chi connectivity index (χ1n) is 5.44. The van der Waals surface area contributed by atoms with Gasteiger partial charge in [0.15, 0.2) is 5.78 Å². The van der Waals surface area contributed by atoms with E-state index in [1.807, 2.05) is 30.3 Å². The van der Waals surface area contributed by atoms with Crippen molar-refractivity contribution >= 4 is 5.78 Å². The van der Waals surface area contributed by atoms with Crippen LogP contribution in [0.25, 0.3) is 0 Å². The summed E-state index contributed by atoms with van der Waals surface area (Å²) in [5.74, 6) is 2.50. The molecule has 0 saturated heterocycles. The van der Waals surface area contributed by atoms with Crippen LogP contribution < -0.4 is 0 Å². The fourth-order valence-corrected chi connectivity index (χ4v) is 2.77. The third-order valence-electron chi connectivity index (χ3n) is 3.67. The average molecular weight is 186 g/mol. The van der Waals surface area contributed by atoms with Crippen LogP contribution in [0.1, 0.15) is 29.6 Å². The maximum atomic E-state index is 12.0. The first kappa shape index (κ1) is 8.22. The minimum absolute atomic E-state index is 0.334. The van der Waals surface area contributed by atoms with Crippen molar-refractivity contribution < 1.29 is 4.79 Å². The van der Waals surface area contributed by atoms with Crippen LogP contribution >= 0.6 is 0 Å². The van der Waals surface area contributed by atoms with Crippen molar-refractivity contribution in [2.45, 2.75) is 19.3 Å². The van der Waals surface area contributed by atoms with E-state index in [1.54, 1.807) is 0 Å². The Morgan fingerprint density at radius 3 is 2.29 bits per heavy atom. The second-order valence-corrected chi connectivity index (χ2v) is 4.65. The highest BCUT2D eigenvalue weighted by molar-refractivity contribution is 5.98. The van der Waals surface area contributed by atoms with Crippen LogP contribution in [0.3, 0.4) is 0 Å². The van der Waals surface area contributed by atoms with Gasteiger partial charge in [-0.05, 0) is 31.1 Å². The lowest BCUT2D eigenvalue weighted by Crippen LogP contribution is -2.12. The van der Waals surface area contributed by atoms with Gasteiger partial charge in [0, 0.05) is 11.5 Å². The number of carbonyl (C=O) groups is 1. The third kappa shape index (κ3) is 1.28. The molecule has 2 aliphatic rings. The Kier molecular flexibility index (Phi) is 1.73. The van der Waals surface area contributed by atoms with Gasteiger partial charge in [-0.1, -0.05) is 30.3 Å². The highest BCUT2D eigenvalue weighted by Gasteiger charge is 2.47. The topological polar surface area (TPSA) is 17.1 Å². The number of ketones is 1. The van der Waals surface area contributed by atoms with E-state index in [4.69, 9.17) is 0 Å². The van der Waals surface area contributed by atoms with Crippen molar-refractivity contribution in [1.29, 1.82) is 0 Å². The van der Waals surface area contributed by atoms with E-state index in [-0.39, 0.29) is 0 Å². The minimum atomic E-state index is 0.334. The van der Waals surface area contributed by atoms with E-state index < -0.39 is 0 Å². The Morgan fingerprint density at radius 2 is 1.64 bits per heavy atom. The molecule has 2 saturated carbocycles. The smallest absolute Gasteiger partial charge is 0.165 e. The summed E-state index contributed by atoms with van der Waals surface area (Å²) >= 11 is 0. The van der Waals surface area contributed by atoms with Crippen LogP contribution in [0.2, 0.25) is 0 Å². The zero-order valence-corrected chi connectivity index (χ0v) is 8.15. The summed E-state index contributed by atoms with van der Waals surface area (Å²) in [6.07, 6.45) is 3.69. The molecule has 1 nitrogen and oxygen atoms in total. The van der Waals surface area contributed by atoms with Crippen molar-refractivity contribution in [3.63, 3.8) is 0 Å². The number of Topliss-reactive ketones (excluding diaryl/α,β-unsaturated/α-hetero) is 1. The van der Waals surface area contributed by atoms with Crippen LogP contribution in [-0.4, -0.2) is 5.78 Å². The molecule has 2 unspecified atom stereocenters. The second-order valence-electron chi connectivity index (χ2n) is 4.65. The highest BCUT2D eigenvalue weighted by Crippen LogP contribution is 2.54.